The van der Waals surface area contributed by atoms with Crippen LogP contribution in [0, 0.1) is 5.92 Å². The number of likely N-dealkylation sites (tertiary alicyclic amines) is 1. The molecule has 1 heterocycles. The zero-order valence-corrected chi connectivity index (χ0v) is 11.8. The van der Waals surface area contributed by atoms with Gasteiger partial charge in [-0.1, -0.05) is 12.8 Å². The first-order chi connectivity index (χ1) is 8.24. The standard InChI is InChI=1S/C14H25NOS/c1-11(16)14-12-6-7-13(10-12)15(14)8-4-2-3-5-9-17/h12-14,17H,2-10H2,1H3/t12-,13-,14+/m0/s1. The number of thiol groups is 1. The van der Waals surface area contributed by atoms with Crippen molar-refractivity contribution in [3.63, 3.8) is 0 Å². The van der Waals surface area contributed by atoms with Crippen molar-refractivity contribution < 1.29 is 4.79 Å². The average molecular weight is 255 g/mol. The molecule has 0 spiro atoms. The van der Waals surface area contributed by atoms with E-state index in [1.807, 2.05) is 0 Å². The molecule has 2 fully saturated rings. The fraction of sp³-hybridized carbons (Fsp3) is 0.929. The molecule has 2 rings (SSSR count). The van der Waals surface area contributed by atoms with Gasteiger partial charge in [-0.3, -0.25) is 9.69 Å². The van der Waals surface area contributed by atoms with Gasteiger partial charge in [-0.25, -0.2) is 0 Å². The first kappa shape index (κ1) is 13.4. The minimum atomic E-state index is 0.263. The smallest absolute Gasteiger partial charge is 0.147 e. The summed E-state index contributed by atoms with van der Waals surface area (Å²) in [5, 5.41) is 0. The number of hydrogen-bond acceptors (Lipinski definition) is 3. The molecule has 1 aliphatic carbocycles. The average Bonchev–Trinajstić information content (AvgIpc) is 2.88. The largest absolute Gasteiger partial charge is 0.298 e. The highest BCUT2D eigenvalue weighted by atomic mass is 32.1. The molecule has 3 heteroatoms. The van der Waals surface area contributed by atoms with Gasteiger partial charge in [0.1, 0.15) is 5.78 Å². The van der Waals surface area contributed by atoms with E-state index in [-0.39, 0.29) is 6.04 Å². The number of piperidine rings is 1. The molecule has 1 aliphatic heterocycles. The molecular weight excluding hydrogens is 230 g/mol. The van der Waals surface area contributed by atoms with Crippen LogP contribution in [0.15, 0.2) is 0 Å². The molecule has 98 valence electrons. The Balaban J connectivity index is 1.77. The number of hydrogen-bond donors (Lipinski definition) is 1. The molecule has 1 saturated heterocycles. The topological polar surface area (TPSA) is 20.3 Å². The second kappa shape index (κ2) is 6.24. The lowest BCUT2D eigenvalue weighted by atomic mass is 9.95. The minimum absolute atomic E-state index is 0.263. The second-order valence-corrected chi connectivity index (χ2v) is 6.11. The number of carbonyl (C=O) groups is 1. The van der Waals surface area contributed by atoms with Crippen LogP contribution in [-0.4, -0.2) is 35.1 Å². The van der Waals surface area contributed by atoms with Crippen LogP contribution in [0.2, 0.25) is 0 Å². The first-order valence-electron chi connectivity index (χ1n) is 7.11. The quantitative estimate of drug-likeness (QED) is 0.557. The van der Waals surface area contributed by atoms with Gasteiger partial charge in [-0.2, -0.15) is 12.6 Å². The van der Waals surface area contributed by atoms with Crippen molar-refractivity contribution in [2.75, 3.05) is 12.3 Å². The molecule has 2 nitrogen and oxygen atoms in total. The summed E-state index contributed by atoms with van der Waals surface area (Å²) in [6, 6.07) is 0.984. The van der Waals surface area contributed by atoms with Crippen LogP contribution in [0.1, 0.15) is 51.9 Å². The Hall–Kier alpha value is -0.0200. The molecule has 3 atom stereocenters. The van der Waals surface area contributed by atoms with Gasteiger partial charge in [0.05, 0.1) is 6.04 Å². The van der Waals surface area contributed by atoms with Crippen LogP contribution < -0.4 is 0 Å². The van der Waals surface area contributed by atoms with Crippen LogP contribution in [0.25, 0.3) is 0 Å². The van der Waals surface area contributed by atoms with E-state index < -0.39 is 0 Å². The molecule has 1 saturated carbocycles. The Morgan fingerprint density at radius 2 is 2.00 bits per heavy atom. The predicted molar refractivity (Wildman–Crippen MR) is 74.6 cm³/mol. The van der Waals surface area contributed by atoms with Crippen molar-refractivity contribution in [1.29, 1.82) is 0 Å². The summed E-state index contributed by atoms with van der Waals surface area (Å²) < 4.78 is 0. The van der Waals surface area contributed by atoms with Gasteiger partial charge in [-0.15, -0.1) is 0 Å². The first-order valence-corrected chi connectivity index (χ1v) is 7.74. The monoisotopic (exact) mass is 255 g/mol. The fourth-order valence-corrected chi connectivity index (χ4v) is 3.95. The lowest BCUT2D eigenvalue weighted by Gasteiger charge is -2.33. The van der Waals surface area contributed by atoms with Crippen LogP contribution in [0.3, 0.4) is 0 Å². The van der Waals surface area contributed by atoms with Crippen LogP contribution in [0.5, 0.6) is 0 Å². The normalized spacial score (nSPS) is 32.2. The molecule has 0 aromatic rings. The highest BCUT2D eigenvalue weighted by Crippen LogP contribution is 2.42. The Labute approximate surface area is 111 Å². The van der Waals surface area contributed by atoms with Gasteiger partial charge in [0, 0.05) is 6.04 Å². The van der Waals surface area contributed by atoms with Crippen molar-refractivity contribution in [1.82, 2.24) is 4.90 Å². The van der Waals surface area contributed by atoms with Gasteiger partial charge < -0.3 is 0 Å². The molecule has 0 unspecified atom stereocenters. The second-order valence-electron chi connectivity index (χ2n) is 5.66. The van der Waals surface area contributed by atoms with Gasteiger partial charge in [0.15, 0.2) is 0 Å². The minimum Gasteiger partial charge on any atom is -0.298 e. The Morgan fingerprint density at radius 1 is 1.24 bits per heavy atom. The molecule has 0 N–H and O–H groups in total. The summed E-state index contributed by atoms with van der Waals surface area (Å²) in [4.78, 5) is 14.2. The van der Waals surface area contributed by atoms with Gasteiger partial charge in [-0.05, 0) is 57.2 Å². The molecular formula is C14H25NOS. The van der Waals surface area contributed by atoms with Gasteiger partial charge in [0.2, 0.25) is 0 Å². The van der Waals surface area contributed by atoms with E-state index in [1.165, 1.54) is 44.9 Å². The summed E-state index contributed by atoms with van der Waals surface area (Å²) in [6.45, 7) is 2.91. The van der Waals surface area contributed by atoms with Crippen molar-refractivity contribution in [2.24, 2.45) is 5.92 Å². The van der Waals surface area contributed by atoms with Crippen molar-refractivity contribution in [3.05, 3.63) is 0 Å². The number of fused-ring (bicyclic) bond motifs is 2. The maximum absolute atomic E-state index is 11.7. The van der Waals surface area contributed by atoms with Crippen molar-refractivity contribution in [3.8, 4) is 0 Å². The fourth-order valence-electron chi connectivity index (χ4n) is 3.72. The highest BCUT2D eigenvalue weighted by Gasteiger charge is 2.47. The van der Waals surface area contributed by atoms with E-state index in [0.717, 1.165) is 18.3 Å². The molecule has 2 bridgehead atoms. The molecule has 0 aromatic carbocycles. The maximum atomic E-state index is 11.7. The summed E-state index contributed by atoms with van der Waals surface area (Å²) in [6.07, 6.45) is 8.94. The van der Waals surface area contributed by atoms with Gasteiger partial charge in [0.25, 0.3) is 0 Å². The van der Waals surface area contributed by atoms with E-state index in [4.69, 9.17) is 0 Å². The zero-order valence-electron chi connectivity index (χ0n) is 10.9. The Morgan fingerprint density at radius 3 is 2.71 bits per heavy atom. The number of unbranched alkanes of at least 4 members (excludes halogenated alkanes) is 3. The number of rotatable bonds is 7. The molecule has 2 aliphatic rings. The predicted octanol–water partition coefficient (Wildman–Crippen LogP) is 2.92. The van der Waals surface area contributed by atoms with Crippen molar-refractivity contribution >= 4 is 18.4 Å². The third kappa shape index (κ3) is 3.05. The van der Waals surface area contributed by atoms with Crippen LogP contribution >= 0.6 is 12.6 Å². The van der Waals surface area contributed by atoms with Crippen LogP contribution in [0.4, 0.5) is 0 Å². The van der Waals surface area contributed by atoms with Gasteiger partial charge >= 0.3 is 0 Å². The van der Waals surface area contributed by atoms with E-state index in [1.54, 1.807) is 6.92 Å². The van der Waals surface area contributed by atoms with E-state index in [0.29, 0.717) is 11.7 Å². The lowest BCUT2D eigenvalue weighted by molar-refractivity contribution is -0.123. The molecule has 0 aromatic heterocycles. The Kier molecular flexibility index (Phi) is 4.92. The Bertz CT molecular complexity index is 269. The summed E-state index contributed by atoms with van der Waals surface area (Å²) in [5.41, 5.74) is 0. The summed E-state index contributed by atoms with van der Waals surface area (Å²) in [5.74, 6) is 2.08. The third-order valence-corrected chi connectivity index (χ3v) is 4.78. The summed E-state index contributed by atoms with van der Waals surface area (Å²) >= 11 is 4.23. The molecule has 0 amide bonds. The number of nitrogens with zero attached hydrogens (tertiary/aromatic N) is 1. The highest BCUT2D eigenvalue weighted by molar-refractivity contribution is 7.80. The molecule has 0 radical (unpaired) electrons. The molecule has 17 heavy (non-hydrogen) atoms. The van der Waals surface area contributed by atoms with E-state index >= 15 is 0 Å². The third-order valence-electron chi connectivity index (χ3n) is 4.46. The van der Waals surface area contributed by atoms with E-state index in [2.05, 4.69) is 17.5 Å². The van der Waals surface area contributed by atoms with Crippen molar-refractivity contribution in [2.45, 2.75) is 64.0 Å². The lowest BCUT2D eigenvalue weighted by Crippen LogP contribution is -2.45. The summed E-state index contributed by atoms with van der Waals surface area (Å²) in [7, 11) is 0. The zero-order chi connectivity index (χ0) is 12.3. The van der Waals surface area contributed by atoms with E-state index in [9.17, 15) is 4.79 Å². The number of carbonyl (C=O) groups excluding carboxylic acids is 1. The maximum Gasteiger partial charge on any atom is 0.147 e. The SMILES string of the molecule is CC(=O)[C@@H]1[C@H]2CC[C@@H](C2)N1CCCCCCS. The number of ketones is 1. The van der Waals surface area contributed by atoms with Crippen LogP contribution in [-0.2, 0) is 4.79 Å². The number of Topliss-reactive ketones (excluding diaryl/α,β-unsaturated/α-hetero) is 1.